The summed E-state index contributed by atoms with van der Waals surface area (Å²) in [6.07, 6.45) is 2.20. The van der Waals surface area contributed by atoms with Gasteiger partial charge in [-0.15, -0.1) is 0 Å². The quantitative estimate of drug-likeness (QED) is 0.502. The molecule has 5 heteroatoms. The van der Waals surface area contributed by atoms with Crippen LogP contribution in [-0.2, 0) is 14.4 Å². The molecule has 0 aromatic rings. The molecule has 0 saturated carbocycles. The summed E-state index contributed by atoms with van der Waals surface area (Å²) in [6.45, 7) is 2.90. The van der Waals surface area contributed by atoms with Crippen molar-refractivity contribution in [2.45, 2.75) is 20.3 Å². The molecule has 0 aromatic carbocycles. The molecule has 0 rings (SSSR count). The molecule has 13 heavy (non-hydrogen) atoms. The van der Waals surface area contributed by atoms with Gasteiger partial charge in [0.2, 0.25) is 0 Å². The van der Waals surface area contributed by atoms with E-state index in [1.165, 1.54) is 13.0 Å². The van der Waals surface area contributed by atoms with Crippen LogP contribution in [0.15, 0.2) is 12.2 Å². The van der Waals surface area contributed by atoms with Gasteiger partial charge in [-0.3, -0.25) is 9.59 Å². The van der Waals surface area contributed by atoms with Gasteiger partial charge in [0.1, 0.15) is 12.2 Å². The van der Waals surface area contributed by atoms with E-state index in [-0.39, 0.29) is 12.2 Å². The van der Waals surface area contributed by atoms with Gasteiger partial charge in [-0.05, 0) is 13.8 Å². The van der Waals surface area contributed by atoms with E-state index in [1.807, 2.05) is 0 Å². The number of carbonyl (C=O) groups is 3. The minimum Gasteiger partial charge on any atom is -0.481 e. The van der Waals surface area contributed by atoms with E-state index in [4.69, 9.17) is 10.2 Å². The van der Waals surface area contributed by atoms with Crippen LogP contribution in [-0.4, -0.2) is 27.9 Å². The summed E-state index contributed by atoms with van der Waals surface area (Å²) in [4.78, 5) is 29.0. The Bertz CT molecular complexity index is 205. The number of aliphatic carboxylic acids is 2. The third-order valence-electron chi connectivity index (χ3n) is 0.709. The Morgan fingerprint density at radius 2 is 1.69 bits per heavy atom. The number of carbonyl (C=O) groups excluding carboxylic acids is 1. The van der Waals surface area contributed by atoms with Crippen molar-refractivity contribution in [2.75, 3.05) is 0 Å². The third-order valence-corrected chi connectivity index (χ3v) is 0.709. The lowest BCUT2D eigenvalue weighted by Gasteiger charge is -1.80. The highest BCUT2D eigenvalue weighted by Crippen LogP contribution is 1.77. The summed E-state index contributed by atoms with van der Waals surface area (Å²) >= 11 is 0. The van der Waals surface area contributed by atoms with Crippen LogP contribution in [0.1, 0.15) is 20.3 Å². The summed E-state index contributed by atoms with van der Waals surface area (Å²) in [7, 11) is 0. The Hall–Kier alpha value is -1.65. The number of hydrogen-bond acceptors (Lipinski definition) is 3. The van der Waals surface area contributed by atoms with Gasteiger partial charge in [0, 0.05) is 6.08 Å². The topological polar surface area (TPSA) is 91.7 Å². The van der Waals surface area contributed by atoms with Gasteiger partial charge in [-0.2, -0.15) is 0 Å². The highest BCUT2D eigenvalue weighted by Gasteiger charge is 1.98. The molecule has 0 fully saturated rings. The summed E-state index contributed by atoms with van der Waals surface area (Å²) in [6, 6.07) is 0. The zero-order chi connectivity index (χ0) is 10.9. The number of rotatable bonds is 3. The van der Waals surface area contributed by atoms with E-state index >= 15 is 0 Å². The standard InChI is InChI=1S/C4H6O3.C4H6O2/c1-3(5)2-4(6)7;1-2-3-4(5)6/h2H2,1H3,(H,6,7);2-3H,1H3,(H,5,6). The zero-order valence-electron chi connectivity index (χ0n) is 7.48. The van der Waals surface area contributed by atoms with Crippen molar-refractivity contribution in [2.24, 2.45) is 0 Å². The van der Waals surface area contributed by atoms with Crippen LogP contribution < -0.4 is 0 Å². The van der Waals surface area contributed by atoms with E-state index in [2.05, 4.69) is 0 Å². The van der Waals surface area contributed by atoms with E-state index in [0.29, 0.717) is 0 Å². The minimum absolute atomic E-state index is 0.312. The van der Waals surface area contributed by atoms with Crippen LogP contribution in [0.25, 0.3) is 0 Å². The van der Waals surface area contributed by atoms with Gasteiger partial charge in [0.15, 0.2) is 0 Å². The number of ketones is 1. The smallest absolute Gasteiger partial charge is 0.327 e. The molecule has 2 N–H and O–H groups in total. The Morgan fingerprint density at radius 3 is 1.69 bits per heavy atom. The highest BCUT2D eigenvalue weighted by molar-refractivity contribution is 5.93. The number of carboxylic acids is 2. The van der Waals surface area contributed by atoms with Crippen LogP contribution in [0.4, 0.5) is 0 Å². The molecular formula is C8H12O5. The summed E-state index contributed by atoms with van der Waals surface area (Å²) in [5.41, 5.74) is 0. The van der Waals surface area contributed by atoms with Crippen molar-refractivity contribution in [3.05, 3.63) is 12.2 Å². The Morgan fingerprint density at radius 1 is 1.23 bits per heavy atom. The first kappa shape index (κ1) is 13.9. The lowest BCUT2D eigenvalue weighted by Crippen LogP contribution is -2.00. The predicted molar refractivity (Wildman–Crippen MR) is 45.4 cm³/mol. The maximum atomic E-state index is 9.87. The van der Waals surface area contributed by atoms with Gasteiger partial charge >= 0.3 is 11.9 Å². The number of carboxylic acid groups (broad SMARTS) is 2. The van der Waals surface area contributed by atoms with Gasteiger partial charge in [0.25, 0.3) is 0 Å². The second-order valence-corrected chi connectivity index (χ2v) is 2.11. The van der Waals surface area contributed by atoms with Crippen molar-refractivity contribution in [3.8, 4) is 0 Å². The number of hydrogen-bond donors (Lipinski definition) is 2. The van der Waals surface area contributed by atoms with Crippen molar-refractivity contribution in [3.63, 3.8) is 0 Å². The van der Waals surface area contributed by atoms with Crippen molar-refractivity contribution in [1.82, 2.24) is 0 Å². The van der Waals surface area contributed by atoms with Crippen LogP contribution in [0.5, 0.6) is 0 Å². The molecule has 0 heterocycles. The first-order valence-electron chi connectivity index (χ1n) is 3.47. The molecule has 0 bridgehead atoms. The second-order valence-electron chi connectivity index (χ2n) is 2.11. The molecule has 0 radical (unpaired) electrons. The first-order valence-corrected chi connectivity index (χ1v) is 3.47. The largest absolute Gasteiger partial charge is 0.481 e. The molecule has 0 spiro atoms. The highest BCUT2D eigenvalue weighted by atomic mass is 16.4. The maximum Gasteiger partial charge on any atom is 0.327 e. The zero-order valence-corrected chi connectivity index (χ0v) is 7.48. The molecule has 0 amide bonds. The molecule has 0 aliphatic rings. The summed E-state index contributed by atoms with van der Waals surface area (Å²) in [5.74, 6) is -2.27. The lowest BCUT2D eigenvalue weighted by molar-refractivity contribution is -0.139. The lowest BCUT2D eigenvalue weighted by atomic mass is 10.3. The molecule has 0 aliphatic carbocycles. The Balaban J connectivity index is 0. The SMILES string of the molecule is CC(=O)CC(=O)O.CC=CC(=O)O. The molecule has 0 unspecified atom stereocenters. The van der Waals surface area contributed by atoms with Crippen molar-refractivity contribution in [1.29, 1.82) is 0 Å². The van der Waals surface area contributed by atoms with Crippen LogP contribution in [0.2, 0.25) is 0 Å². The fourth-order valence-electron chi connectivity index (χ4n) is 0.356. The molecule has 74 valence electrons. The summed E-state index contributed by atoms with van der Waals surface area (Å²) < 4.78 is 0. The number of Topliss-reactive ketones (excluding diaryl/α,β-unsaturated/α-hetero) is 1. The Labute approximate surface area is 75.7 Å². The molecule has 0 atom stereocenters. The fraction of sp³-hybridized carbons (Fsp3) is 0.375. The first-order chi connectivity index (χ1) is 5.90. The Kier molecular flexibility index (Phi) is 9.04. The average Bonchev–Trinajstić information content (AvgIpc) is 1.83. The van der Waals surface area contributed by atoms with Gasteiger partial charge in [-0.25, -0.2) is 4.79 Å². The second kappa shape index (κ2) is 8.45. The van der Waals surface area contributed by atoms with E-state index in [1.54, 1.807) is 6.92 Å². The average molecular weight is 188 g/mol. The van der Waals surface area contributed by atoms with Gasteiger partial charge in [-0.1, -0.05) is 6.08 Å². The van der Waals surface area contributed by atoms with E-state index < -0.39 is 11.9 Å². The molecule has 0 saturated heterocycles. The normalized spacial score (nSPS) is 8.77. The van der Waals surface area contributed by atoms with Crippen molar-refractivity contribution < 1.29 is 24.6 Å². The van der Waals surface area contributed by atoms with E-state index in [9.17, 15) is 14.4 Å². The third kappa shape index (κ3) is 25.2. The minimum atomic E-state index is -1.06. The fourth-order valence-corrected chi connectivity index (χ4v) is 0.356. The van der Waals surface area contributed by atoms with E-state index in [0.717, 1.165) is 6.08 Å². The van der Waals surface area contributed by atoms with Crippen LogP contribution >= 0.6 is 0 Å². The van der Waals surface area contributed by atoms with Crippen molar-refractivity contribution >= 4 is 17.7 Å². The van der Waals surface area contributed by atoms with Gasteiger partial charge < -0.3 is 10.2 Å². The number of allylic oxidation sites excluding steroid dienone is 1. The molecule has 5 nitrogen and oxygen atoms in total. The van der Waals surface area contributed by atoms with Gasteiger partial charge in [0.05, 0.1) is 0 Å². The molecule has 0 aromatic heterocycles. The monoisotopic (exact) mass is 188 g/mol. The summed E-state index contributed by atoms with van der Waals surface area (Å²) in [5, 5.41) is 15.7. The molecule has 0 aliphatic heterocycles. The molecular weight excluding hydrogens is 176 g/mol. The predicted octanol–water partition coefficient (Wildman–Crippen LogP) is 0.697. The van der Waals surface area contributed by atoms with Crippen LogP contribution in [0.3, 0.4) is 0 Å². The van der Waals surface area contributed by atoms with Crippen LogP contribution in [0, 0.1) is 0 Å². The maximum absolute atomic E-state index is 9.87.